The van der Waals surface area contributed by atoms with Crippen LogP contribution in [0.25, 0.3) is 0 Å². The van der Waals surface area contributed by atoms with E-state index in [1.54, 1.807) is 0 Å². The fourth-order valence-electron chi connectivity index (χ4n) is 2.35. The number of piperidine rings is 1. The fraction of sp³-hybridized carbons (Fsp3) is 0.909. The summed E-state index contributed by atoms with van der Waals surface area (Å²) in [6.45, 7) is 3.64. The predicted octanol–water partition coefficient (Wildman–Crippen LogP) is -0.328. The van der Waals surface area contributed by atoms with Crippen molar-refractivity contribution < 1.29 is 9.90 Å². The number of likely N-dealkylation sites (N-methyl/N-ethyl adjacent to an activating group) is 1. The Morgan fingerprint density at radius 2 is 2.38 bits per heavy atom. The number of likely N-dealkylation sites (tertiary alicyclic amines) is 1. The largest absolute Gasteiger partial charge is 0.480 e. The molecule has 0 aromatic rings. The van der Waals surface area contributed by atoms with Crippen molar-refractivity contribution in [2.45, 2.75) is 18.9 Å². The van der Waals surface area contributed by atoms with Gasteiger partial charge in [-0.3, -0.25) is 4.79 Å². The highest BCUT2D eigenvalue weighted by Gasteiger charge is 2.20. The van der Waals surface area contributed by atoms with Gasteiger partial charge in [-0.15, -0.1) is 0 Å². The zero-order valence-corrected chi connectivity index (χ0v) is 10.2. The molecule has 3 N–H and O–H groups in total. The van der Waals surface area contributed by atoms with Crippen molar-refractivity contribution in [1.82, 2.24) is 9.80 Å². The van der Waals surface area contributed by atoms with Gasteiger partial charge in [0.05, 0.1) is 0 Å². The highest BCUT2D eigenvalue weighted by atomic mass is 16.4. The van der Waals surface area contributed by atoms with E-state index < -0.39 is 12.0 Å². The van der Waals surface area contributed by atoms with Crippen LogP contribution in [-0.4, -0.2) is 67.2 Å². The monoisotopic (exact) mass is 229 g/mol. The number of rotatable bonds is 5. The zero-order valence-electron chi connectivity index (χ0n) is 10.2. The molecule has 0 amide bonds. The molecule has 1 rings (SSSR count). The van der Waals surface area contributed by atoms with E-state index in [9.17, 15) is 4.79 Å². The summed E-state index contributed by atoms with van der Waals surface area (Å²) in [5.41, 5.74) is 5.50. The number of nitrogens with zero attached hydrogens (tertiary/aromatic N) is 2. The molecule has 1 heterocycles. The molecular formula is C11H23N3O2. The van der Waals surface area contributed by atoms with Crippen LogP contribution in [0.4, 0.5) is 0 Å². The summed E-state index contributed by atoms with van der Waals surface area (Å²) in [7, 11) is 4.08. The summed E-state index contributed by atoms with van der Waals surface area (Å²) < 4.78 is 0. The minimum atomic E-state index is -0.924. The minimum Gasteiger partial charge on any atom is -0.480 e. The third kappa shape index (κ3) is 4.47. The highest BCUT2D eigenvalue weighted by molar-refractivity contribution is 5.73. The maximum Gasteiger partial charge on any atom is 0.321 e. The standard InChI is InChI=1S/C11H23N3O2/c1-13-5-3-4-9(6-13)7-14(2)8-10(12)11(15)16/h9-10H,3-8,12H2,1-2H3,(H,15,16). The maximum atomic E-state index is 10.6. The Morgan fingerprint density at radius 1 is 1.69 bits per heavy atom. The number of carboxylic acids is 1. The van der Waals surface area contributed by atoms with Crippen LogP contribution in [0, 0.1) is 5.92 Å². The molecule has 16 heavy (non-hydrogen) atoms. The highest BCUT2D eigenvalue weighted by Crippen LogP contribution is 2.15. The molecule has 5 nitrogen and oxygen atoms in total. The number of hydrogen-bond acceptors (Lipinski definition) is 4. The van der Waals surface area contributed by atoms with Gasteiger partial charge in [-0.2, -0.15) is 0 Å². The summed E-state index contributed by atoms with van der Waals surface area (Å²) in [6, 6.07) is -0.772. The van der Waals surface area contributed by atoms with Gasteiger partial charge in [0.1, 0.15) is 6.04 Å². The Hall–Kier alpha value is -0.650. The van der Waals surface area contributed by atoms with E-state index in [-0.39, 0.29) is 0 Å². The van der Waals surface area contributed by atoms with Crippen LogP contribution >= 0.6 is 0 Å². The second-order valence-corrected chi connectivity index (χ2v) is 4.94. The normalized spacial score (nSPS) is 24.6. The summed E-state index contributed by atoms with van der Waals surface area (Å²) in [5.74, 6) is -0.280. The molecule has 2 atom stereocenters. The van der Waals surface area contributed by atoms with Gasteiger partial charge in [-0.05, 0) is 39.4 Å². The third-order valence-corrected chi connectivity index (χ3v) is 3.12. The van der Waals surface area contributed by atoms with Crippen LogP contribution in [0.3, 0.4) is 0 Å². The Kier molecular flexibility index (Phi) is 5.18. The number of carbonyl (C=O) groups is 1. The molecule has 0 aliphatic carbocycles. The first-order valence-electron chi connectivity index (χ1n) is 5.84. The average Bonchev–Trinajstić information content (AvgIpc) is 2.16. The molecule has 0 aromatic heterocycles. The summed E-state index contributed by atoms with van der Waals surface area (Å²) in [5, 5.41) is 8.72. The van der Waals surface area contributed by atoms with Crippen LogP contribution in [0.15, 0.2) is 0 Å². The van der Waals surface area contributed by atoms with Crippen molar-refractivity contribution in [2.24, 2.45) is 11.7 Å². The van der Waals surface area contributed by atoms with Crippen LogP contribution in [0.1, 0.15) is 12.8 Å². The molecule has 0 aromatic carbocycles. The Labute approximate surface area is 97.2 Å². The van der Waals surface area contributed by atoms with Gasteiger partial charge in [0, 0.05) is 19.6 Å². The molecule has 0 radical (unpaired) electrons. The van der Waals surface area contributed by atoms with E-state index in [1.165, 1.54) is 19.4 Å². The minimum absolute atomic E-state index is 0.426. The fourth-order valence-corrected chi connectivity index (χ4v) is 2.35. The zero-order chi connectivity index (χ0) is 12.1. The molecule has 94 valence electrons. The second kappa shape index (κ2) is 6.18. The van der Waals surface area contributed by atoms with Crippen molar-refractivity contribution in [2.75, 3.05) is 40.3 Å². The molecule has 0 bridgehead atoms. The van der Waals surface area contributed by atoms with Crippen LogP contribution in [0.2, 0.25) is 0 Å². The van der Waals surface area contributed by atoms with E-state index in [4.69, 9.17) is 10.8 Å². The van der Waals surface area contributed by atoms with Crippen molar-refractivity contribution in [3.05, 3.63) is 0 Å². The number of carboxylic acid groups (broad SMARTS) is 1. The Morgan fingerprint density at radius 3 is 2.94 bits per heavy atom. The van der Waals surface area contributed by atoms with Gasteiger partial charge in [0.2, 0.25) is 0 Å². The Bertz CT molecular complexity index is 235. The lowest BCUT2D eigenvalue weighted by atomic mass is 9.98. The van der Waals surface area contributed by atoms with E-state index in [0.717, 1.165) is 13.1 Å². The van der Waals surface area contributed by atoms with Gasteiger partial charge in [0.25, 0.3) is 0 Å². The number of nitrogens with two attached hydrogens (primary N) is 1. The topological polar surface area (TPSA) is 69.8 Å². The quantitative estimate of drug-likeness (QED) is 0.675. The van der Waals surface area contributed by atoms with Crippen molar-refractivity contribution >= 4 is 5.97 Å². The average molecular weight is 229 g/mol. The van der Waals surface area contributed by atoms with Crippen molar-refractivity contribution in [3.8, 4) is 0 Å². The molecule has 1 aliphatic rings. The van der Waals surface area contributed by atoms with E-state index in [2.05, 4.69) is 11.9 Å². The maximum absolute atomic E-state index is 10.6. The van der Waals surface area contributed by atoms with Crippen LogP contribution in [-0.2, 0) is 4.79 Å². The lowest BCUT2D eigenvalue weighted by molar-refractivity contribution is -0.138. The van der Waals surface area contributed by atoms with Gasteiger partial charge >= 0.3 is 5.97 Å². The molecule has 0 saturated carbocycles. The van der Waals surface area contributed by atoms with E-state index in [1.807, 2.05) is 11.9 Å². The molecule has 1 aliphatic heterocycles. The summed E-state index contributed by atoms with van der Waals surface area (Å²) in [6.07, 6.45) is 2.47. The SMILES string of the molecule is CN1CCCC(CN(C)CC(N)C(=O)O)C1. The number of aliphatic carboxylic acids is 1. The van der Waals surface area contributed by atoms with E-state index >= 15 is 0 Å². The van der Waals surface area contributed by atoms with Gasteiger partial charge in [0.15, 0.2) is 0 Å². The molecule has 1 fully saturated rings. The lowest BCUT2D eigenvalue weighted by Crippen LogP contribution is -2.44. The van der Waals surface area contributed by atoms with Gasteiger partial charge < -0.3 is 20.6 Å². The van der Waals surface area contributed by atoms with E-state index in [0.29, 0.717) is 12.5 Å². The molecule has 0 spiro atoms. The smallest absolute Gasteiger partial charge is 0.321 e. The Balaban J connectivity index is 2.27. The summed E-state index contributed by atoms with van der Waals surface area (Å²) >= 11 is 0. The van der Waals surface area contributed by atoms with Gasteiger partial charge in [-0.25, -0.2) is 0 Å². The lowest BCUT2D eigenvalue weighted by Gasteiger charge is -2.32. The molecule has 2 unspecified atom stereocenters. The van der Waals surface area contributed by atoms with Crippen LogP contribution < -0.4 is 5.73 Å². The molecule has 1 saturated heterocycles. The third-order valence-electron chi connectivity index (χ3n) is 3.12. The summed E-state index contributed by atoms with van der Waals surface area (Å²) in [4.78, 5) is 15.0. The van der Waals surface area contributed by atoms with Crippen molar-refractivity contribution in [3.63, 3.8) is 0 Å². The second-order valence-electron chi connectivity index (χ2n) is 4.94. The first-order valence-corrected chi connectivity index (χ1v) is 5.84. The van der Waals surface area contributed by atoms with Crippen LogP contribution in [0.5, 0.6) is 0 Å². The number of hydrogen-bond donors (Lipinski definition) is 2. The first-order chi connectivity index (χ1) is 7.49. The van der Waals surface area contributed by atoms with Crippen molar-refractivity contribution in [1.29, 1.82) is 0 Å². The molecule has 5 heteroatoms. The van der Waals surface area contributed by atoms with Gasteiger partial charge in [-0.1, -0.05) is 0 Å². The molecular weight excluding hydrogens is 206 g/mol. The predicted molar refractivity (Wildman–Crippen MR) is 63.3 cm³/mol. The first kappa shape index (κ1) is 13.4.